The van der Waals surface area contributed by atoms with Gasteiger partial charge in [0, 0.05) is 0 Å². The zero-order valence-corrected chi connectivity index (χ0v) is 14.5. The number of tetrazole rings is 1. The number of nitrogens with one attached hydrogen (secondary N) is 1. The van der Waals surface area contributed by atoms with E-state index in [0.717, 1.165) is 5.69 Å². The number of rotatable bonds is 6. The third kappa shape index (κ3) is 3.92. The molecule has 3 aromatic rings. The molecular formula is C18H19FN6O. The molecule has 1 amide bonds. The third-order valence-electron chi connectivity index (χ3n) is 3.91. The van der Waals surface area contributed by atoms with Gasteiger partial charge in [-0.15, -0.1) is 5.10 Å². The van der Waals surface area contributed by atoms with Crippen molar-refractivity contribution in [3.63, 3.8) is 0 Å². The molecule has 0 saturated carbocycles. The molecule has 1 heterocycles. The summed E-state index contributed by atoms with van der Waals surface area (Å²) in [6.07, 6.45) is 0. The maximum absolute atomic E-state index is 13.2. The van der Waals surface area contributed by atoms with Gasteiger partial charge < -0.3 is 5.32 Å². The lowest BCUT2D eigenvalue weighted by Crippen LogP contribution is -2.37. The molecule has 0 radical (unpaired) electrons. The van der Waals surface area contributed by atoms with Crippen LogP contribution >= 0.6 is 0 Å². The summed E-state index contributed by atoms with van der Waals surface area (Å²) in [6, 6.07) is 14.8. The van der Waals surface area contributed by atoms with E-state index in [1.54, 1.807) is 35.8 Å². The minimum Gasteiger partial charge on any atom is -0.347 e. The van der Waals surface area contributed by atoms with Crippen molar-refractivity contribution in [1.29, 1.82) is 0 Å². The van der Waals surface area contributed by atoms with E-state index < -0.39 is 6.04 Å². The van der Waals surface area contributed by atoms with Crippen LogP contribution in [0.1, 0.15) is 17.4 Å². The fourth-order valence-electron chi connectivity index (χ4n) is 2.68. The van der Waals surface area contributed by atoms with Crippen LogP contribution in [0.15, 0.2) is 54.6 Å². The number of nitrogens with zero attached hydrogens (tertiary/aromatic N) is 5. The normalized spacial score (nSPS) is 12.2. The second kappa shape index (κ2) is 7.83. The highest BCUT2D eigenvalue weighted by Gasteiger charge is 2.23. The van der Waals surface area contributed by atoms with Crippen LogP contribution in [0, 0.1) is 5.82 Å². The number of carbonyl (C=O) groups excluding carboxylic acids is 1. The smallest absolute Gasteiger partial charge is 0.242 e. The van der Waals surface area contributed by atoms with Gasteiger partial charge in [-0.05, 0) is 54.4 Å². The van der Waals surface area contributed by atoms with Crippen molar-refractivity contribution in [2.45, 2.75) is 12.6 Å². The number of halogens is 1. The standard InChI is InChI=1S/C18H19FN6O/c1-24(2)17(13-8-10-14(19)11-9-13)18(26)20-12-16-21-22-23-25(16)15-6-4-3-5-7-15/h3-11,17H,12H2,1-2H3,(H,20,26)/t17-/m1/s1. The first-order valence-corrected chi connectivity index (χ1v) is 8.08. The number of benzene rings is 2. The van der Waals surface area contributed by atoms with Crippen molar-refractivity contribution in [3.05, 3.63) is 71.8 Å². The molecular weight excluding hydrogens is 335 g/mol. The molecule has 0 aliphatic rings. The first-order valence-electron chi connectivity index (χ1n) is 8.08. The van der Waals surface area contributed by atoms with Gasteiger partial charge in [-0.25, -0.2) is 4.39 Å². The lowest BCUT2D eigenvalue weighted by atomic mass is 10.1. The Labute approximate surface area is 150 Å². The molecule has 3 rings (SSSR count). The zero-order valence-electron chi connectivity index (χ0n) is 14.5. The second-order valence-electron chi connectivity index (χ2n) is 5.98. The molecule has 1 atom stereocenters. The Hall–Kier alpha value is -3.13. The predicted octanol–water partition coefficient (Wildman–Crippen LogP) is 1.72. The number of carbonyl (C=O) groups is 1. The number of amides is 1. The van der Waals surface area contributed by atoms with E-state index in [-0.39, 0.29) is 18.3 Å². The van der Waals surface area contributed by atoms with Gasteiger partial charge in [0.1, 0.15) is 11.9 Å². The predicted molar refractivity (Wildman–Crippen MR) is 93.8 cm³/mol. The quantitative estimate of drug-likeness (QED) is 0.729. The minimum atomic E-state index is -0.545. The number of likely N-dealkylation sites (N-methyl/N-ethyl adjacent to an activating group) is 1. The lowest BCUT2D eigenvalue weighted by Gasteiger charge is -2.23. The van der Waals surface area contributed by atoms with E-state index in [4.69, 9.17) is 0 Å². The molecule has 134 valence electrons. The van der Waals surface area contributed by atoms with Gasteiger partial charge in [-0.1, -0.05) is 30.3 Å². The molecule has 0 aliphatic carbocycles. The fraction of sp³-hybridized carbons (Fsp3) is 0.222. The summed E-state index contributed by atoms with van der Waals surface area (Å²) < 4.78 is 14.7. The Morgan fingerprint density at radius 1 is 1.15 bits per heavy atom. The molecule has 0 saturated heterocycles. The molecule has 1 N–H and O–H groups in total. The molecule has 26 heavy (non-hydrogen) atoms. The van der Waals surface area contributed by atoms with E-state index >= 15 is 0 Å². The summed E-state index contributed by atoms with van der Waals surface area (Å²) in [5.41, 5.74) is 1.51. The summed E-state index contributed by atoms with van der Waals surface area (Å²) >= 11 is 0. The van der Waals surface area contributed by atoms with E-state index in [2.05, 4.69) is 20.8 Å². The summed E-state index contributed by atoms with van der Waals surface area (Å²) in [6.45, 7) is 0.173. The highest BCUT2D eigenvalue weighted by molar-refractivity contribution is 5.83. The Morgan fingerprint density at radius 3 is 2.50 bits per heavy atom. The van der Waals surface area contributed by atoms with Crippen LogP contribution in [0.2, 0.25) is 0 Å². The van der Waals surface area contributed by atoms with Crippen molar-refractivity contribution < 1.29 is 9.18 Å². The summed E-state index contributed by atoms with van der Waals surface area (Å²) in [5, 5.41) is 14.5. The van der Waals surface area contributed by atoms with E-state index in [1.165, 1.54) is 12.1 Å². The van der Waals surface area contributed by atoms with Crippen molar-refractivity contribution in [2.24, 2.45) is 0 Å². The van der Waals surface area contributed by atoms with Crippen molar-refractivity contribution in [1.82, 2.24) is 30.4 Å². The van der Waals surface area contributed by atoms with Crippen LogP contribution < -0.4 is 5.32 Å². The van der Waals surface area contributed by atoms with Crippen LogP contribution in [-0.2, 0) is 11.3 Å². The molecule has 1 aromatic heterocycles. The van der Waals surface area contributed by atoms with Gasteiger partial charge in [-0.3, -0.25) is 9.69 Å². The highest BCUT2D eigenvalue weighted by Crippen LogP contribution is 2.19. The molecule has 0 spiro atoms. The molecule has 0 bridgehead atoms. The number of aromatic nitrogens is 4. The Kier molecular flexibility index (Phi) is 5.33. The van der Waals surface area contributed by atoms with Crippen molar-refractivity contribution in [2.75, 3.05) is 14.1 Å². The molecule has 7 nitrogen and oxygen atoms in total. The van der Waals surface area contributed by atoms with Crippen LogP contribution in [0.25, 0.3) is 5.69 Å². The minimum absolute atomic E-state index is 0.173. The van der Waals surface area contributed by atoms with Gasteiger partial charge in [0.05, 0.1) is 12.2 Å². The highest BCUT2D eigenvalue weighted by atomic mass is 19.1. The van der Waals surface area contributed by atoms with Gasteiger partial charge in [-0.2, -0.15) is 4.68 Å². The Balaban J connectivity index is 1.74. The SMILES string of the molecule is CN(C)[C@@H](C(=O)NCc1nnnn1-c1ccccc1)c1ccc(F)cc1. The molecule has 8 heteroatoms. The first kappa shape index (κ1) is 17.7. The molecule has 0 fully saturated rings. The third-order valence-corrected chi connectivity index (χ3v) is 3.91. The topological polar surface area (TPSA) is 75.9 Å². The Bertz CT molecular complexity index is 863. The van der Waals surface area contributed by atoms with Gasteiger partial charge >= 0.3 is 0 Å². The number of hydrogen-bond acceptors (Lipinski definition) is 5. The van der Waals surface area contributed by atoms with E-state index in [0.29, 0.717) is 11.4 Å². The van der Waals surface area contributed by atoms with Gasteiger partial charge in [0.25, 0.3) is 0 Å². The average molecular weight is 354 g/mol. The molecule has 0 aliphatic heterocycles. The number of para-hydroxylation sites is 1. The molecule has 0 unspecified atom stereocenters. The summed E-state index contributed by atoms with van der Waals surface area (Å²) in [7, 11) is 3.59. The maximum atomic E-state index is 13.2. The first-order chi connectivity index (χ1) is 12.6. The fourth-order valence-corrected chi connectivity index (χ4v) is 2.68. The van der Waals surface area contributed by atoms with Crippen molar-refractivity contribution in [3.8, 4) is 5.69 Å². The monoisotopic (exact) mass is 354 g/mol. The largest absolute Gasteiger partial charge is 0.347 e. The van der Waals surface area contributed by atoms with E-state index in [9.17, 15) is 9.18 Å². The average Bonchev–Trinajstić information content (AvgIpc) is 3.11. The maximum Gasteiger partial charge on any atom is 0.242 e. The molecule has 2 aromatic carbocycles. The van der Waals surface area contributed by atoms with Crippen LogP contribution in [0.4, 0.5) is 4.39 Å². The Morgan fingerprint density at radius 2 is 1.85 bits per heavy atom. The summed E-state index contributed by atoms with van der Waals surface area (Å²) in [4.78, 5) is 14.5. The van der Waals surface area contributed by atoms with E-state index in [1.807, 2.05) is 30.3 Å². The van der Waals surface area contributed by atoms with Crippen molar-refractivity contribution >= 4 is 5.91 Å². The zero-order chi connectivity index (χ0) is 18.5. The van der Waals surface area contributed by atoms with Crippen LogP contribution in [0.5, 0.6) is 0 Å². The van der Waals surface area contributed by atoms with Gasteiger partial charge in [0.15, 0.2) is 5.82 Å². The van der Waals surface area contributed by atoms with Gasteiger partial charge in [0.2, 0.25) is 5.91 Å². The van der Waals surface area contributed by atoms with Crippen LogP contribution in [0.3, 0.4) is 0 Å². The second-order valence-corrected chi connectivity index (χ2v) is 5.98. The van der Waals surface area contributed by atoms with Crippen LogP contribution in [-0.4, -0.2) is 45.1 Å². The number of hydrogen-bond donors (Lipinski definition) is 1. The summed E-state index contributed by atoms with van der Waals surface area (Å²) in [5.74, 6) is -0.0425. The lowest BCUT2D eigenvalue weighted by molar-refractivity contribution is -0.126.